The van der Waals surface area contributed by atoms with Crippen molar-refractivity contribution in [2.75, 3.05) is 0 Å². The van der Waals surface area contributed by atoms with Gasteiger partial charge >= 0.3 is 0 Å². The standard InChI is InChI=1S/C14H11Cl2FN2O2/c15-9-4-5-10(14(18)19-20)12(6-9)21-7-8-2-1-3-11(16)13(8)17/h1-6,20H,7H2,(H2,18,19). The monoisotopic (exact) mass is 328 g/mol. The Morgan fingerprint density at radius 1 is 1.29 bits per heavy atom. The van der Waals surface area contributed by atoms with Gasteiger partial charge in [0.15, 0.2) is 5.84 Å². The largest absolute Gasteiger partial charge is 0.488 e. The fraction of sp³-hybridized carbons (Fsp3) is 0.0714. The summed E-state index contributed by atoms with van der Waals surface area (Å²) in [6.45, 7) is -0.0710. The van der Waals surface area contributed by atoms with E-state index in [4.69, 9.17) is 38.9 Å². The van der Waals surface area contributed by atoms with Gasteiger partial charge in [-0.15, -0.1) is 0 Å². The van der Waals surface area contributed by atoms with Crippen molar-refractivity contribution in [2.24, 2.45) is 10.9 Å². The first-order valence-corrected chi connectivity index (χ1v) is 6.61. The highest BCUT2D eigenvalue weighted by Gasteiger charge is 2.12. The highest BCUT2D eigenvalue weighted by Crippen LogP contribution is 2.25. The molecule has 0 spiro atoms. The highest BCUT2D eigenvalue weighted by molar-refractivity contribution is 6.31. The SMILES string of the molecule is N/C(=N/O)c1ccc(Cl)cc1OCc1cccc(Cl)c1F. The third-order valence-electron chi connectivity index (χ3n) is 2.74. The van der Waals surface area contributed by atoms with Gasteiger partial charge in [-0.05, 0) is 24.3 Å². The first-order chi connectivity index (χ1) is 10.0. The number of amidine groups is 1. The van der Waals surface area contributed by atoms with Crippen molar-refractivity contribution in [2.45, 2.75) is 6.61 Å². The Balaban J connectivity index is 2.27. The van der Waals surface area contributed by atoms with E-state index in [0.717, 1.165) is 0 Å². The lowest BCUT2D eigenvalue weighted by atomic mass is 10.2. The van der Waals surface area contributed by atoms with Crippen molar-refractivity contribution < 1.29 is 14.3 Å². The van der Waals surface area contributed by atoms with E-state index in [1.165, 1.54) is 12.1 Å². The van der Waals surface area contributed by atoms with E-state index in [9.17, 15) is 4.39 Å². The van der Waals surface area contributed by atoms with Crippen molar-refractivity contribution in [3.63, 3.8) is 0 Å². The number of nitrogens with zero attached hydrogens (tertiary/aromatic N) is 1. The van der Waals surface area contributed by atoms with Crippen LogP contribution in [-0.2, 0) is 6.61 Å². The number of benzene rings is 2. The predicted octanol–water partition coefficient (Wildman–Crippen LogP) is 3.81. The molecule has 0 radical (unpaired) electrons. The predicted molar refractivity (Wildman–Crippen MR) is 79.7 cm³/mol. The summed E-state index contributed by atoms with van der Waals surface area (Å²) in [4.78, 5) is 0. The summed E-state index contributed by atoms with van der Waals surface area (Å²) in [7, 11) is 0. The molecule has 4 nitrogen and oxygen atoms in total. The second-order valence-electron chi connectivity index (χ2n) is 4.13. The fourth-order valence-electron chi connectivity index (χ4n) is 1.70. The molecule has 0 aliphatic carbocycles. The van der Waals surface area contributed by atoms with Crippen LogP contribution < -0.4 is 10.5 Å². The van der Waals surface area contributed by atoms with Crippen LogP contribution in [0, 0.1) is 5.82 Å². The van der Waals surface area contributed by atoms with Crippen molar-refractivity contribution >= 4 is 29.0 Å². The summed E-state index contributed by atoms with van der Waals surface area (Å²) in [5, 5.41) is 12.1. The summed E-state index contributed by atoms with van der Waals surface area (Å²) in [5.74, 6) is -0.406. The summed E-state index contributed by atoms with van der Waals surface area (Å²) in [6.07, 6.45) is 0. The van der Waals surface area contributed by atoms with E-state index < -0.39 is 5.82 Å². The van der Waals surface area contributed by atoms with Crippen LogP contribution in [0.5, 0.6) is 5.75 Å². The number of ether oxygens (including phenoxy) is 1. The lowest BCUT2D eigenvalue weighted by Gasteiger charge is -2.12. The molecule has 3 N–H and O–H groups in total. The molecule has 2 aromatic carbocycles. The number of halogens is 3. The van der Waals surface area contributed by atoms with Gasteiger partial charge in [0.05, 0.1) is 10.6 Å². The van der Waals surface area contributed by atoms with E-state index >= 15 is 0 Å². The molecule has 0 saturated carbocycles. The molecule has 0 aromatic heterocycles. The van der Waals surface area contributed by atoms with Gasteiger partial charge in [-0.3, -0.25) is 0 Å². The van der Waals surface area contributed by atoms with Crippen LogP contribution in [0.4, 0.5) is 4.39 Å². The maximum Gasteiger partial charge on any atom is 0.173 e. The normalized spacial score (nSPS) is 11.5. The van der Waals surface area contributed by atoms with E-state index in [0.29, 0.717) is 10.6 Å². The minimum atomic E-state index is -0.549. The number of hydrogen-bond donors (Lipinski definition) is 2. The zero-order valence-corrected chi connectivity index (χ0v) is 12.2. The molecule has 0 bridgehead atoms. The van der Waals surface area contributed by atoms with Gasteiger partial charge in [0, 0.05) is 10.6 Å². The van der Waals surface area contributed by atoms with Crippen molar-refractivity contribution in [1.29, 1.82) is 0 Å². The lowest BCUT2D eigenvalue weighted by molar-refractivity contribution is 0.297. The van der Waals surface area contributed by atoms with Gasteiger partial charge < -0.3 is 15.7 Å². The highest BCUT2D eigenvalue weighted by atomic mass is 35.5. The summed E-state index contributed by atoms with van der Waals surface area (Å²) < 4.78 is 19.3. The third kappa shape index (κ3) is 3.56. The first kappa shape index (κ1) is 15.4. The molecule has 2 rings (SSSR count). The maximum atomic E-state index is 13.8. The van der Waals surface area contributed by atoms with Crippen LogP contribution in [0.2, 0.25) is 10.0 Å². The number of nitrogens with two attached hydrogens (primary N) is 1. The Morgan fingerprint density at radius 3 is 2.76 bits per heavy atom. The van der Waals surface area contributed by atoms with Crippen LogP contribution >= 0.6 is 23.2 Å². The fourth-order valence-corrected chi connectivity index (χ4v) is 2.05. The van der Waals surface area contributed by atoms with Gasteiger partial charge in [0.1, 0.15) is 18.2 Å². The average Bonchev–Trinajstić information content (AvgIpc) is 2.48. The Kier molecular flexibility index (Phi) is 4.88. The van der Waals surface area contributed by atoms with Crippen LogP contribution in [-0.4, -0.2) is 11.0 Å². The zero-order chi connectivity index (χ0) is 15.4. The summed E-state index contributed by atoms with van der Waals surface area (Å²) >= 11 is 11.6. The molecule has 0 atom stereocenters. The molecule has 0 aliphatic rings. The third-order valence-corrected chi connectivity index (χ3v) is 3.27. The van der Waals surface area contributed by atoms with Crippen molar-refractivity contribution in [3.8, 4) is 5.75 Å². The molecule has 2 aromatic rings. The Labute approximate surface area is 130 Å². The van der Waals surface area contributed by atoms with Gasteiger partial charge in [-0.25, -0.2) is 4.39 Å². The second-order valence-corrected chi connectivity index (χ2v) is 4.97. The summed E-state index contributed by atoms with van der Waals surface area (Å²) in [6, 6.07) is 9.23. The Hall–Kier alpha value is -1.98. The van der Waals surface area contributed by atoms with Crippen LogP contribution in [0.25, 0.3) is 0 Å². The van der Waals surface area contributed by atoms with Gasteiger partial charge in [-0.2, -0.15) is 0 Å². The molecule has 0 heterocycles. The van der Waals surface area contributed by atoms with Gasteiger partial charge in [0.2, 0.25) is 0 Å². The number of oxime groups is 1. The lowest BCUT2D eigenvalue weighted by Crippen LogP contribution is -2.15. The molecule has 21 heavy (non-hydrogen) atoms. The van der Waals surface area contributed by atoms with Crippen LogP contribution in [0.3, 0.4) is 0 Å². The minimum Gasteiger partial charge on any atom is -0.488 e. The minimum absolute atomic E-state index is 0.0128. The first-order valence-electron chi connectivity index (χ1n) is 5.86. The molecule has 0 saturated heterocycles. The van der Waals surface area contributed by atoms with E-state index in [-0.39, 0.29) is 28.8 Å². The van der Waals surface area contributed by atoms with E-state index in [1.807, 2.05) is 0 Å². The molecule has 110 valence electrons. The van der Waals surface area contributed by atoms with Crippen LogP contribution in [0.1, 0.15) is 11.1 Å². The number of hydrogen-bond acceptors (Lipinski definition) is 3. The zero-order valence-electron chi connectivity index (χ0n) is 10.7. The molecular formula is C14H11Cl2FN2O2. The van der Waals surface area contributed by atoms with Crippen molar-refractivity contribution in [1.82, 2.24) is 0 Å². The maximum absolute atomic E-state index is 13.8. The van der Waals surface area contributed by atoms with Gasteiger partial charge in [-0.1, -0.05) is 40.5 Å². The molecule has 0 amide bonds. The molecule has 0 fully saturated rings. The molecule has 0 aliphatic heterocycles. The Bertz CT molecular complexity index is 693. The quantitative estimate of drug-likeness (QED) is 0.388. The molecule has 0 unspecified atom stereocenters. The molecular weight excluding hydrogens is 318 g/mol. The van der Waals surface area contributed by atoms with Gasteiger partial charge in [0.25, 0.3) is 0 Å². The average molecular weight is 329 g/mol. The van der Waals surface area contributed by atoms with Crippen LogP contribution in [0.15, 0.2) is 41.6 Å². The number of rotatable bonds is 4. The topological polar surface area (TPSA) is 67.8 Å². The summed E-state index contributed by atoms with van der Waals surface area (Å²) in [5.41, 5.74) is 6.19. The second kappa shape index (κ2) is 6.65. The smallest absolute Gasteiger partial charge is 0.173 e. The molecule has 7 heteroatoms. The van der Waals surface area contributed by atoms with E-state index in [1.54, 1.807) is 24.3 Å². The Morgan fingerprint density at radius 2 is 2.05 bits per heavy atom. The van der Waals surface area contributed by atoms with Crippen molar-refractivity contribution in [3.05, 3.63) is 63.4 Å². The van der Waals surface area contributed by atoms with E-state index in [2.05, 4.69) is 5.16 Å².